The van der Waals surface area contributed by atoms with Gasteiger partial charge in [0.15, 0.2) is 0 Å². The Labute approximate surface area is 233 Å². The molecule has 0 aliphatic carbocycles. The molecule has 0 bridgehead atoms. The zero-order chi connectivity index (χ0) is 26.4. The monoisotopic (exact) mass is 574 g/mol. The van der Waals surface area contributed by atoms with Gasteiger partial charge in [-0.3, -0.25) is 4.79 Å². The highest BCUT2D eigenvalue weighted by molar-refractivity contribution is 9.10. The minimum absolute atomic E-state index is 0.0923. The number of nitrogens with zero attached hydrogens (tertiary/aromatic N) is 2. The van der Waals surface area contributed by atoms with Crippen LogP contribution in [-0.4, -0.2) is 47.9 Å². The second kappa shape index (κ2) is 12.1. The minimum Gasteiger partial charge on any atom is -0.338 e. The third kappa shape index (κ3) is 6.45. The van der Waals surface area contributed by atoms with Gasteiger partial charge in [-0.2, -0.15) is 0 Å². The summed E-state index contributed by atoms with van der Waals surface area (Å²) in [6, 6.07) is 27.6. The van der Waals surface area contributed by atoms with Crippen LogP contribution in [-0.2, 0) is 11.3 Å². The molecule has 0 aromatic heterocycles. The zero-order valence-electron chi connectivity index (χ0n) is 21.6. The number of amides is 3. The van der Waals surface area contributed by atoms with Gasteiger partial charge in [-0.25, -0.2) is 4.79 Å². The first-order valence-corrected chi connectivity index (χ1v) is 14.2. The summed E-state index contributed by atoms with van der Waals surface area (Å²) in [5.41, 5.74) is 2.83. The summed E-state index contributed by atoms with van der Waals surface area (Å²) in [5.74, 6) is 0.321. The first-order valence-electron chi connectivity index (χ1n) is 13.4. The van der Waals surface area contributed by atoms with Gasteiger partial charge in [-0.05, 0) is 74.2 Å². The SMILES string of the molecule is O=C(Nc1ccccc1)NC(CCN1CCC2(CC1)CCN(Cc1ccc(Br)cc1)C2=O)c1ccccc1. The Hall–Kier alpha value is -3.16. The molecule has 1 unspecified atom stereocenters. The summed E-state index contributed by atoms with van der Waals surface area (Å²) >= 11 is 3.48. The first kappa shape index (κ1) is 26.4. The number of benzene rings is 3. The smallest absolute Gasteiger partial charge is 0.319 e. The van der Waals surface area contributed by atoms with E-state index in [-0.39, 0.29) is 17.5 Å². The zero-order valence-corrected chi connectivity index (χ0v) is 23.2. The van der Waals surface area contributed by atoms with Gasteiger partial charge in [-0.15, -0.1) is 0 Å². The number of para-hydroxylation sites is 1. The lowest BCUT2D eigenvalue weighted by molar-refractivity contribution is -0.138. The van der Waals surface area contributed by atoms with E-state index in [9.17, 15) is 9.59 Å². The van der Waals surface area contributed by atoms with E-state index in [4.69, 9.17) is 0 Å². The second-order valence-corrected chi connectivity index (χ2v) is 11.4. The molecule has 3 amide bonds. The van der Waals surface area contributed by atoms with Gasteiger partial charge in [0.25, 0.3) is 0 Å². The van der Waals surface area contributed by atoms with E-state index in [0.717, 1.165) is 67.6 Å². The van der Waals surface area contributed by atoms with Crippen molar-refractivity contribution in [2.45, 2.75) is 38.3 Å². The van der Waals surface area contributed by atoms with Crippen molar-refractivity contribution in [3.05, 3.63) is 101 Å². The van der Waals surface area contributed by atoms with Crippen LogP contribution in [0.15, 0.2) is 89.4 Å². The minimum atomic E-state index is -0.210. The van der Waals surface area contributed by atoms with E-state index in [1.54, 1.807) is 0 Å². The summed E-state index contributed by atoms with van der Waals surface area (Å²) in [7, 11) is 0. The van der Waals surface area contributed by atoms with Crippen molar-refractivity contribution < 1.29 is 9.59 Å². The van der Waals surface area contributed by atoms with Crippen molar-refractivity contribution in [1.29, 1.82) is 0 Å². The van der Waals surface area contributed by atoms with Crippen LogP contribution in [0.1, 0.15) is 42.9 Å². The number of anilines is 1. The van der Waals surface area contributed by atoms with Crippen LogP contribution in [0, 0.1) is 5.41 Å². The van der Waals surface area contributed by atoms with Gasteiger partial charge in [0.1, 0.15) is 0 Å². The van der Waals surface area contributed by atoms with Crippen LogP contribution in [0.5, 0.6) is 0 Å². The molecular weight excluding hydrogens is 540 g/mol. The quantitative estimate of drug-likeness (QED) is 0.336. The highest BCUT2D eigenvalue weighted by atomic mass is 79.9. The van der Waals surface area contributed by atoms with E-state index in [1.807, 2.05) is 65.6 Å². The number of hydrogen-bond acceptors (Lipinski definition) is 3. The number of halogens is 1. The topological polar surface area (TPSA) is 64.7 Å². The van der Waals surface area contributed by atoms with Crippen LogP contribution in [0.4, 0.5) is 10.5 Å². The van der Waals surface area contributed by atoms with Gasteiger partial charge >= 0.3 is 6.03 Å². The molecule has 7 heteroatoms. The number of carbonyl (C=O) groups is 2. The van der Waals surface area contributed by atoms with Crippen LogP contribution in [0.2, 0.25) is 0 Å². The summed E-state index contributed by atoms with van der Waals surface area (Å²) < 4.78 is 1.05. The Morgan fingerprint density at radius 2 is 1.50 bits per heavy atom. The molecular formula is C31H35BrN4O2. The van der Waals surface area contributed by atoms with E-state index in [1.165, 1.54) is 5.56 Å². The highest BCUT2D eigenvalue weighted by Gasteiger charge is 2.47. The van der Waals surface area contributed by atoms with E-state index >= 15 is 0 Å². The van der Waals surface area contributed by atoms with Gasteiger partial charge in [0, 0.05) is 29.8 Å². The average Bonchev–Trinajstić information content (AvgIpc) is 3.24. The Balaban J connectivity index is 1.14. The number of urea groups is 1. The molecule has 2 aliphatic rings. The Morgan fingerprint density at radius 3 is 2.18 bits per heavy atom. The fourth-order valence-corrected chi connectivity index (χ4v) is 5.95. The summed E-state index contributed by atoms with van der Waals surface area (Å²) in [6.45, 7) is 4.22. The normalized spacial score (nSPS) is 17.9. The van der Waals surface area contributed by atoms with E-state index in [0.29, 0.717) is 12.5 Å². The number of nitrogens with one attached hydrogen (secondary N) is 2. The molecule has 2 aliphatic heterocycles. The molecule has 0 radical (unpaired) electrons. The molecule has 1 atom stereocenters. The Kier molecular flexibility index (Phi) is 8.45. The van der Waals surface area contributed by atoms with E-state index < -0.39 is 0 Å². The van der Waals surface area contributed by atoms with Gasteiger partial charge in [-0.1, -0.05) is 76.6 Å². The number of piperidine rings is 1. The second-order valence-electron chi connectivity index (χ2n) is 10.4. The number of likely N-dealkylation sites (tertiary alicyclic amines) is 2. The molecule has 38 heavy (non-hydrogen) atoms. The van der Waals surface area contributed by atoms with Crippen LogP contribution in [0.3, 0.4) is 0 Å². The molecule has 198 valence electrons. The molecule has 5 rings (SSSR count). The highest BCUT2D eigenvalue weighted by Crippen LogP contribution is 2.42. The lowest BCUT2D eigenvalue weighted by Gasteiger charge is -2.38. The van der Waals surface area contributed by atoms with Crippen molar-refractivity contribution in [2.75, 3.05) is 31.5 Å². The van der Waals surface area contributed by atoms with E-state index in [2.05, 4.69) is 55.7 Å². The van der Waals surface area contributed by atoms with Crippen LogP contribution < -0.4 is 10.6 Å². The maximum absolute atomic E-state index is 13.4. The molecule has 0 saturated carbocycles. The average molecular weight is 576 g/mol. The number of carbonyl (C=O) groups excluding carboxylic acids is 2. The molecule has 2 heterocycles. The molecule has 3 aromatic carbocycles. The summed E-state index contributed by atoms with van der Waals surface area (Å²) in [5, 5.41) is 6.10. The fourth-order valence-electron chi connectivity index (χ4n) is 5.69. The van der Waals surface area contributed by atoms with Crippen molar-refractivity contribution in [2.24, 2.45) is 5.41 Å². The number of hydrogen-bond donors (Lipinski definition) is 2. The molecule has 2 fully saturated rings. The summed E-state index contributed by atoms with van der Waals surface area (Å²) in [4.78, 5) is 30.7. The predicted octanol–water partition coefficient (Wildman–Crippen LogP) is 6.22. The molecule has 1 spiro atoms. The van der Waals surface area contributed by atoms with Crippen LogP contribution >= 0.6 is 15.9 Å². The first-order chi connectivity index (χ1) is 18.5. The van der Waals surface area contributed by atoms with Crippen molar-refractivity contribution in [3.63, 3.8) is 0 Å². The van der Waals surface area contributed by atoms with Gasteiger partial charge in [0.2, 0.25) is 5.91 Å². The largest absolute Gasteiger partial charge is 0.338 e. The number of rotatable bonds is 8. The molecule has 2 N–H and O–H groups in total. The lowest BCUT2D eigenvalue weighted by Crippen LogP contribution is -2.45. The fraction of sp³-hybridized carbons (Fsp3) is 0.355. The van der Waals surface area contributed by atoms with Gasteiger partial charge in [0.05, 0.1) is 11.5 Å². The Morgan fingerprint density at radius 1 is 0.868 bits per heavy atom. The third-order valence-electron chi connectivity index (χ3n) is 7.97. The predicted molar refractivity (Wildman–Crippen MR) is 155 cm³/mol. The van der Waals surface area contributed by atoms with Crippen LogP contribution in [0.25, 0.3) is 0 Å². The summed E-state index contributed by atoms with van der Waals surface area (Å²) in [6.07, 6.45) is 3.56. The Bertz CT molecular complexity index is 1210. The van der Waals surface area contributed by atoms with Crippen molar-refractivity contribution >= 4 is 33.6 Å². The van der Waals surface area contributed by atoms with Crippen molar-refractivity contribution in [1.82, 2.24) is 15.1 Å². The van der Waals surface area contributed by atoms with Crippen molar-refractivity contribution in [3.8, 4) is 0 Å². The molecule has 6 nitrogen and oxygen atoms in total. The third-order valence-corrected chi connectivity index (χ3v) is 8.50. The molecule has 3 aromatic rings. The molecule has 2 saturated heterocycles. The van der Waals surface area contributed by atoms with Gasteiger partial charge < -0.3 is 20.4 Å². The maximum atomic E-state index is 13.4. The lowest BCUT2D eigenvalue weighted by atomic mass is 9.77. The standard InChI is InChI=1S/C31H35BrN4O2/c32-26-13-11-24(12-14-26)23-36-22-18-31(29(36)37)16-20-35(21-17-31)19-15-28(25-7-3-1-4-8-25)34-30(38)33-27-9-5-2-6-10-27/h1-14,28H,15-23H2,(H2,33,34,38). The maximum Gasteiger partial charge on any atom is 0.319 e.